The number of nitrogens with zero attached hydrogens (tertiary/aromatic N) is 1. The highest BCUT2D eigenvalue weighted by atomic mass is 79.9. The summed E-state index contributed by atoms with van der Waals surface area (Å²) < 4.78 is 0. The van der Waals surface area contributed by atoms with E-state index in [4.69, 9.17) is 28.0 Å². The van der Waals surface area contributed by atoms with Crippen molar-refractivity contribution in [2.45, 2.75) is 12.5 Å². The van der Waals surface area contributed by atoms with Gasteiger partial charge in [-0.15, -0.1) is 0 Å². The summed E-state index contributed by atoms with van der Waals surface area (Å²) in [5.41, 5.74) is 1.88. The molecule has 1 aromatic carbocycles. The van der Waals surface area contributed by atoms with E-state index in [1.807, 2.05) is 12.1 Å². The minimum atomic E-state index is 0.120. The highest BCUT2D eigenvalue weighted by Gasteiger charge is 2.21. The molecule has 0 saturated heterocycles. The summed E-state index contributed by atoms with van der Waals surface area (Å²) in [6.07, 6.45) is 0.915. The summed E-state index contributed by atoms with van der Waals surface area (Å²) in [7, 11) is 0. The minimum Gasteiger partial charge on any atom is -0.391 e. The van der Waals surface area contributed by atoms with E-state index in [-0.39, 0.29) is 6.10 Å². The van der Waals surface area contributed by atoms with Crippen LogP contribution in [0.3, 0.4) is 0 Å². The Morgan fingerprint density at radius 2 is 2.20 bits per heavy atom. The third-order valence-electron chi connectivity index (χ3n) is 2.16. The van der Waals surface area contributed by atoms with E-state index in [9.17, 15) is 0 Å². The van der Waals surface area contributed by atoms with Crippen molar-refractivity contribution >= 4 is 44.8 Å². The Bertz CT molecular complexity index is 408. The molecule has 0 fully saturated rings. The number of benzene rings is 1. The van der Waals surface area contributed by atoms with Crippen LogP contribution in [0.1, 0.15) is 12.0 Å². The molecule has 0 radical (unpaired) electrons. The molecule has 0 aliphatic carbocycles. The number of oxime groups is 1. The van der Waals surface area contributed by atoms with E-state index in [1.54, 1.807) is 6.07 Å². The molecule has 1 aliphatic rings. The zero-order valence-corrected chi connectivity index (χ0v) is 10.8. The lowest BCUT2D eigenvalue weighted by molar-refractivity contribution is 0.104. The van der Waals surface area contributed by atoms with Crippen molar-refractivity contribution in [2.24, 2.45) is 5.16 Å². The maximum Gasteiger partial charge on any atom is 0.142 e. The first-order valence-electron chi connectivity index (χ1n) is 4.45. The molecule has 1 atom stereocenters. The second-order valence-corrected chi connectivity index (χ2v) is 4.71. The van der Waals surface area contributed by atoms with Crippen LogP contribution in [-0.4, -0.2) is 17.1 Å². The van der Waals surface area contributed by atoms with Gasteiger partial charge < -0.3 is 4.84 Å². The highest BCUT2D eigenvalue weighted by molar-refractivity contribution is 9.09. The molecule has 1 aromatic rings. The normalized spacial score (nSPS) is 19.9. The van der Waals surface area contributed by atoms with Crippen LogP contribution in [0, 0.1) is 0 Å². The van der Waals surface area contributed by atoms with Crippen molar-refractivity contribution in [3.63, 3.8) is 0 Å². The summed E-state index contributed by atoms with van der Waals surface area (Å²) in [5.74, 6) is 0. The van der Waals surface area contributed by atoms with Crippen molar-refractivity contribution in [1.82, 2.24) is 0 Å². The molecule has 15 heavy (non-hydrogen) atoms. The summed E-state index contributed by atoms with van der Waals surface area (Å²) >= 11 is 15.1. The molecule has 1 heterocycles. The molecule has 1 aliphatic heterocycles. The van der Waals surface area contributed by atoms with Gasteiger partial charge in [-0.1, -0.05) is 50.4 Å². The Labute approximate surface area is 106 Å². The third-order valence-corrected chi connectivity index (χ3v) is 3.62. The molecular weight excluding hydrogens is 301 g/mol. The molecule has 0 amide bonds. The van der Waals surface area contributed by atoms with Gasteiger partial charge in [0, 0.05) is 17.3 Å². The van der Waals surface area contributed by atoms with Gasteiger partial charge in [0.15, 0.2) is 0 Å². The third kappa shape index (κ3) is 2.47. The summed E-state index contributed by atoms with van der Waals surface area (Å²) in [5, 5.41) is 5.89. The van der Waals surface area contributed by atoms with Gasteiger partial charge in [-0.3, -0.25) is 0 Å². The van der Waals surface area contributed by atoms with Gasteiger partial charge >= 0.3 is 0 Å². The fourth-order valence-corrected chi connectivity index (χ4v) is 2.00. The Morgan fingerprint density at radius 1 is 1.40 bits per heavy atom. The van der Waals surface area contributed by atoms with Gasteiger partial charge in [0.1, 0.15) is 6.10 Å². The van der Waals surface area contributed by atoms with Gasteiger partial charge in [-0.05, 0) is 12.1 Å². The van der Waals surface area contributed by atoms with E-state index < -0.39 is 0 Å². The molecule has 0 bridgehead atoms. The molecule has 0 N–H and O–H groups in total. The lowest BCUT2D eigenvalue weighted by atomic mass is 10.1. The molecule has 5 heteroatoms. The maximum absolute atomic E-state index is 5.93. The van der Waals surface area contributed by atoms with Crippen LogP contribution in [0.2, 0.25) is 10.0 Å². The smallest absolute Gasteiger partial charge is 0.142 e. The molecule has 0 saturated carbocycles. The number of alkyl halides is 1. The predicted molar refractivity (Wildman–Crippen MR) is 66.3 cm³/mol. The molecule has 2 rings (SSSR count). The van der Waals surface area contributed by atoms with Crippen LogP contribution >= 0.6 is 39.1 Å². The van der Waals surface area contributed by atoms with Crippen molar-refractivity contribution in [1.29, 1.82) is 0 Å². The minimum absolute atomic E-state index is 0.120. The summed E-state index contributed by atoms with van der Waals surface area (Å²) in [6, 6.07) is 5.47. The standard InChI is InChI=1S/C10H8BrCl2NO/c11-5-7-4-10(14-15-7)6-1-2-8(12)9(13)3-6/h1-3,7H,4-5H2. The lowest BCUT2D eigenvalue weighted by Gasteiger charge is -2.02. The molecule has 80 valence electrons. The van der Waals surface area contributed by atoms with E-state index in [2.05, 4.69) is 21.1 Å². The van der Waals surface area contributed by atoms with Crippen molar-refractivity contribution in [2.75, 3.05) is 5.33 Å². The fraction of sp³-hybridized carbons (Fsp3) is 0.300. The Kier molecular flexibility index (Phi) is 3.54. The molecule has 2 nitrogen and oxygen atoms in total. The first-order chi connectivity index (χ1) is 7.20. The summed E-state index contributed by atoms with van der Waals surface area (Å²) in [6.45, 7) is 0. The highest BCUT2D eigenvalue weighted by Crippen LogP contribution is 2.25. The quantitative estimate of drug-likeness (QED) is 0.760. The molecular formula is C10H8BrCl2NO. The van der Waals surface area contributed by atoms with Crippen LogP contribution in [0.15, 0.2) is 23.4 Å². The number of halogens is 3. The van der Waals surface area contributed by atoms with Gasteiger partial charge in [0.25, 0.3) is 0 Å². The van der Waals surface area contributed by atoms with Crippen molar-refractivity contribution in [3.8, 4) is 0 Å². The lowest BCUT2D eigenvalue weighted by Crippen LogP contribution is -2.09. The zero-order valence-electron chi connectivity index (χ0n) is 7.71. The van der Waals surface area contributed by atoms with E-state index in [0.717, 1.165) is 23.0 Å². The van der Waals surface area contributed by atoms with Gasteiger partial charge in [-0.25, -0.2) is 0 Å². The van der Waals surface area contributed by atoms with Crippen LogP contribution < -0.4 is 0 Å². The predicted octanol–water partition coefficient (Wildman–Crippen LogP) is 3.88. The average molecular weight is 309 g/mol. The maximum atomic E-state index is 5.93. The average Bonchev–Trinajstić information content (AvgIpc) is 2.70. The van der Waals surface area contributed by atoms with E-state index >= 15 is 0 Å². The number of hydrogen-bond acceptors (Lipinski definition) is 2. The topological polar surface area (TPSA) is 21.6 Å². The number of hydrogen-bond donors (Lipinski definition) is 0. The monoisotopic (exact) mass is 307 g/mol. The van der Waals surface area contributed by atoms with Crippen molar-refractivity contribution in [3.05, 3.63) is 33.8 Å². The second-order valence-electron chi connectivity index (χ2n) is 3.25. The molecule has 0 spiro atoms. The van der Waals surface area contributed by atoms with Crippen molar-refractivity contribution < 1.29 is 4.84 Å². The molecule has 1 unspecified atom stereocenters. The Morgan fingerprint density at radius 3 is 2.80 bits per heavy atom. The SMILES string of the molecule is Clc1ccc(C2=NOC(CBr)C2)cc1Cl. The zero-order chi connectivity index (χ0) is 10.8. The Balaban J connectivity index is 2.21. The fourth-order valence-electron chi connectivity index (χ4n) is 1.36. The van der Waals surface area contributed by atoms with E-state index in [1.165, 1.54) is 0 Å². The first kappa shape index (κ1) is 11.2. The molecule has 0 aromatic heterocycles. The van der Waals surface area contributed by atoms with Crippen LogP contribution in [0.4, 0.5) is 0 Å². The summed E-state index contributed by atoms with van der Waals surface area (Å²) in [4.78, 5) is 5.20. The second kappa shape index (κ2) is 4.73. The first-order valence-corrected chi connectivity index (χ1v) is 6.32. The Hall–Kier alpha value is -0.250. The van der Waals surface area contributed by atoms with Gasteiger partial charge in [-0.2, -0.15) is 0 Å². The van der Waals surface area contributed by atoms with Crippen LogP contribution in [0.25, 0.3) is 0 Å². The van der Waals surface area contributed by atoms with Crippen LogP contribution in [0.5, 0.6) is 0 Å². The van der Waals surface area contributed by atoms with Crippen LogP contribution in [-0.2, 0) is 4.84 Å². The van der Waals surface area contributed by atoms with Gasteiger partial charge in [0.2, 0.25) is 0 Å². The van der Waals surface area contributed by atoms with E-state index in [0.29, 0.717) is 10.0 Å². The largest absolute Gasteiger partial charge is 0.391 e. The van der Waals surface area contributed by atoms with Gasteiger partial charge in [0.05, 0.1) is 15.8 Å². The number of rotatable bonds is 2.